The van der Waals surface area contributed by atoms with E-state index in [-0.39, 0.29) is 0 Å². The molecule has 0 aliphatic carbocycles. The molecule has 1 saturated heterocycles. The van der Waals surface area contributed by atoms with Crippen LogP contribution in [0, 0.1) is 0 Å². The van der Waals surface area contributed by atoms with Gasteiger partial charge >= 0.3 is 0 Å². The number of nitrogens with zero attached hydrogens (tertiary/aromatic N) is 1. The zero-order chi connectivity index (χ0) is 14.4. The summed E-state index contributed by atoms with van der Waals surface area (Å²) < 4.78 is 0. The van der Waals surface area contributed by atoms with Crippen LogP contribution in [-0.4, -0.2) is 36.6 Å². The first-order chi connectivity index (χ1) is 9.76. The number of nitrogens with one attached hydrogen (secondary N) is 1. The summed E-state index contributed by atoms with van der Waals surface area (Å²) in [4.78, 5) is 2.77. The number of hydrogen-bond acceptors (Lipinski definition) is 3. The maximum atomic E-state index is 3.65. The second-order valence-electron chi connectivity index (χ2n) is 6.02. The van der Waals surface area contributed by atoms with E-state index in [4.69, 9.17) is 0 Å². The maximum Gasteiger partial charge on any atom is 0.0357 e. The molecule has 2 nitrogen and oxygen atoms in total. The normalized spacial score (nSPS) is 18.6. The highest BCUT2D eigenvalue weighted by atomic mass is 32.1. The molecule has 0 bridgehead atoms. The molecule has 0 spiro atoms. The van der Waals surface area contributed by atoms with Crippen LogP contribution in [0.3, 0.4) is 0 Å². The molecule has 1 aromatic heterocycles. The molecule has 2 rings (SSSR count). The van der Waals surface area contributed by atoms with Crippen LogP contribution in [0.25, 0.3) is 0 Å². The number of likely N-dealkylation sites (tertiary alicyclic amines) is 1. The smallest absolute Gasteiger partial charge is 0.0357 e. The summed E-state index contributed by atoms with van der Waals surface area (Å²) in [6.45, 7) is 7.32. The van der Waals surface area contributed by atoms with Gasteiger partial charge in [-0.1, -0.05) is 13.8 Å². The molecular weight excluding hydrogens is 264 g/mol. The second-order valence-corrected chi connectivity index (χ2v) is 6.80. The van der Waals surface area contributed by atoms with Crippen molar-refractivity contribution in [1.29, 1.82) is 0 Å². The number of rotatable bonds is 8. The standard InChI is InChI=1S/C17H30N2S/c1-4-17(5-2,19-11-6-7-12-19)16(18-3)9-8-15-10-13-20-14-15/h10,13-14,16,18H,4-9,11-12H2,1-3H3. The van der Waals surface area contributed by atoms with Crippen molar-refractivity contribution in [2.45, 2.75) is 64.0 Å². The van der Waals surface area contributed by atoms with Crippen LogP contribution in [0.15, 0.2) is 16.8 Å². The first kappa shape index (κ1) is 16.0. The van der Waals surface area contributed by atoms with Crippen molar-refractivity contribution in [2.75, 3.05) is 20.1 Å². The van der Waals surface area contributed by atoms with Gasteiger partial charge in [0.25, 0.3) is 0 Å². The third-order valence-electron chi connectivity index (χ3n) is 5.26. The SMILES string of the molecule is CCC(CC)(C(CCc1ccsc1)NC)N1CCCC1. The van der Waals surface area contributed by atoms with Crippen molar-refractivity contribution in [1.82, 2.24) is 10.2 Å². The largest absolute Gasteiger partial charge is 0.315 e. The van der Waals surface area contributed by atoms with E-state index in [1.54, 1.807) is 0 Å². The minimum atomic E-state index is 0.348. The van der Waals surface area contributed by atoms with Gasteiger partial charge in [0, 0.05) is 11.6 Å². The highest BCUT2D eigenvalue weighted by molar-refractivity contribution is 7.07. The van der Waals surface area contributed by atoms with Crippen LogP contribution >= 0.6 is 11.3 Å². The Balaban J connectivity index is 2.07. The van der Waals surface area contributed by atoms with E-state index in [1.807, 2.05) is 11.3 Å². The molecule has 0 radical (unpaired) electrons. The molecule has 114 valence electrons. The van der Waals surface area contributed by atoms with Gasteiger partial charge in [-0.05, 0) is 81.1 Å². The van der Waals surface area contributed by atoms with Gasteiger partial charge in [-0.3, -0.25) is 4.90 Å². The molecule has 1 atom stereocenters. The van der Waals surface area contributed by atoms with Crippen LogP contribution in [0.2, 0.25) is 0 Å². The van der Waals surface area contributed by atoms with Gasteiger partial charge in [0.2, 0.25) is 0 Å². The van der Waals surface area contributed by atoms with Crippen molar-refractivity contribution in [2.24, 2.45) is 0 Å². The van der Waals surface area contributed by atoms with Crippen molar-refractivity contribution in [3.05, 3.63) is 22.4 Å². The lowest BCUT2D eigenvalue weighted by Gasteiger charge is -2.47. The van der Waals surface area contributed by atoms with E-state index in [2.05, 4.69) is 47.9 Å². The fourth-order valence-electron chi connectivity index (χ4n) is 4.00. The summed E-state index contributed by atoms with van der Waals surface area (Å²) in [6.07, 6.45) is 7.69. The molecule has 1 aliphatic heterocycles. The lowest BCUT2D eigenvalue weighted by Crippen LogP contribution is -2.59. The van der Waals surface area contributed by atoms with Crippen LogP contribution in [0.4, 0.5) is 0 Å². The van der Waals surface area contributed by atoms with Gasteiger partial charge in [0.1, 0.15) is 0 Å². The number of hydrogen-bond donors (Lipinski definition) is 1. The Hall–Kier alpha value is -0.380. The van der Waals surface area contributed by atoms with Gasteiger partial charge < -0.3 is 5.32 Å². The molecule has 3 heteroatoms. The maximum absolute atomic E-state index is 3.65. The zero-order valence-corrected chi connectivity index (χ0v) is 14.1. The summed E-state index contributed by atoms with van der Waals surface area (Å²) in [5.41, 5.74) is 1.85. The topological polar surface area (TPSA) is 15.3 Å². The molecule has 0 amide bonds. The summed E-state index contributed by atoms with van der Waals surface area (Å²) in [6, 6.07) is 2.86. The molecule has 1 fully saturated rings. The molecule has 20 heavy (non-hydrogen) atoms. The summed E-state index contributed by atoms with van der Waals surface area (Å²) >= 11 is 1.81. The molecule has 0 saturated carbocycles. The van der Waals surface area contributed by atoms with E-state index >= 15 is 0 Å². The van der Waals surface area contributed by atoms with E-state index in [1.165, 1.54) is 57.2 Å². The second kappa shape index (κ2) is 7.58. The number of thiophene rings is 1. The Labute approximate surface area is 128 Å². The van der Waals surface area contributed by atoms with Crippen molar-refractivity contribution < 1.29 is 0 Å². The van der Waals surface area contributed by atoms with E-state index < -0.39 is 0 Å². The van der Waals surface area contributed by atoms with Crippen molar-refractivity contribution in [3.63, 3.8) is 0 Å². The number of aryl methyl sites for hydroxylation is 1. The third-order valence-corrected chi connectivity index (χ3v) is 5.99. The fraction of sp³-hybridized carbons (Fsp3) is 0.765. The molecule has 1 unspecified atom stereocenters. The highest BCUT2D eigenvalue weighted by Gasteiger charge is 2.40. The fourth-order valence-corrected chi connectivity index (χ4v) is 4.70. The minimum Gasteiger partial charge on any atom is -0.315 e. The predicted molar refractivity (Wildman–Crippen MR) is 89.6 cm³/mol. The van der Waals surface area contributed by atoms with Gasteiger partial charge in [-0.25, -0.2) is 0 Å². The first-order valence-electron chi connectivity index (χ1n) is 8.20. The van der Waals surface area contributed by atoms with E-state index in [9.17, 15) is 0 Å². The highest BCUT2D eigenvalue weighted by Crippen LogP contribution is 2.33. The van der Waals surface area contributed by atoms with Gasteiger partial charge in [0.05, 0.1) is 0 Å². The molecule has 1 aromatic rings. The van der Waals surface area contributed by atoms with E-state index in [0.717, 1.165) is 0 Å². The molecule has 1 aliphatic rings. The lowest BCUT2D eigenvalue weighted by atomic mass is 9.80. The van der Waals surface area contributed by atoms with Gasteiger partial charge in [-0.2, -0.15) is 11.3 Å². The summed E-state index contributed by atoms with van der Waals surface area (Å²) in [5.74, 6) is 0. The Kier molecular flexibility index (Phi) is 6.06. The van der Waals surface area contributed by atoms with Crippen molar-refractivity contribution >= 4 is 11.3 Å². The predicted octanol–water partition coefficient (Wildman–Crippen LogP) is 3.92. The van der Waals surface area contributed by atoms with Gasteiger partial charge in [-0.15, -0.1) is 0 Å². The monoisotopic (exact) mass is 294 g/mol. The summed E-state index contributed by atoms with van der Waals surface area (Å²) in [5, 5.41) is 8.13. The number of likely N-dealkylation sites (N-methyl/N-ethyl adjacent to an activating group) is 1. The Morgan fingerprint density at radius 3 is 2.50 bits per heavy atom. The molecule has 1 N–H and O–H groups in total. The molecular formula is C17H30N2S. The van der Waals surface area contributed by atoms with Gasteiger partial charge in [0.15, 0.2) is 0 Å². The minimum absolute atomic E-state index is 0.348. The Bertz CT molecular complexity index is 364. The van der Waals surface area contributed by atoms with Crippen molar-refractivity contribution in [3.8, 4) is 0 Å². The third kappa shape index (κ3) is 3.26. The first-order valence-corrected chi connectivity index (χ1v) is 9.14. The Morgan fingerprint density at radius 2 is 2.00 bits per heavy atom. The van der Waals surface area contributed by atoms with Crippen LogP contribution in [0.1, 0.15) is 51.5 Å². The van der Waals surface area contributed by atoms with Crippen LogP contribution < -0.4 is 5.32 Å². The van der Waals surface area contributed by atoms with Crippen LogP contribution in [-0.2, 0) is 6.42 Å². The quantitative estimate of drug-likeness (QED) is 0.781. The average Bonchev–Trinajstić information content (AvgIpc) is 3.16. The summed E-state index contributed by atoms with van der Waals surface area (Å²) in [7, 11) is 2.15. The van der Waals surface area contributed by atoms with Crippen LogP contribution in [0.5, 0.6) is 0 Å². The zero-order valence-electron chi connectivity index (χ0n) is 13.3. The molecule has 0 aromatic carbocycles. The average molecular weight is 295 g/mol. The molecule has 2 heterocycles. The lowest BCUT2D eigenvalue weighted by molar-refractivity contribution is 0.0617. The Morgan fingerprint density at radius 1 is 1.30 bits per heavy atom. The van der Waals surface area contributed by atoms with E-state index in [0.29, 0.717) is 11.6 Å².